The van der Waals surface area contributed by atoms with Crippen LogP contribution >= 0.6 is 0 Å². The second kappa shape index (κ2) is 2.90. The summed E-state index contributed by atoms with van der Waals surface area (Å²) in [4.78, 5) is 21.5. The van der Waals surface area contributed by atoms with Crippen molar-refractivity contribution >= 4 is 11.9 Å². The average Bonchev–Trinajstić information content (AvgIpc) is 1.94. The van der Waals surface area contributed by atoms with Crippen molar-refractivity contribution in [3.05, 3.63) is 0 Å². The van der Waals surface area contributed by atoms with Gasteiger partial charge in [0.15, 0.2) is 6.61 Å². The highest BCUT2D eigenvalue weighted by atomic mass is 16.6. The molecule has 0 saturated carbocycles. The van der Waals surface area contributed by atoms with E-state index >= 15 is 0 Å². The van der Waals surface area contributed by atoms with Crippen LogP contribution < -0.4 is 0 Å². The zero-order valence-electron chi connectivity index (χ0n) is 6.49. The zero-order valence-corrected chi connectivity index (χ0v) is 6.49. The zero-order chi connectivity index (χ0) is 8.43. The fourth-order valence-electron chi connectivity index (χ4n) is 0.844. The molecule has 0 amide bonds. The van der Waals surface area contributed by atoms with Crippen molar-refractivity contribution in [2.45, 2.75) is 20.0 Å². The summed E-state index contributed by atoms with van der Waals surface area (Å²) in [6.07, 6.45) is -0.712. The predicted octanol–water partition coefficient (Wildman–Crippen LogP) is 0.111. The van der Waals surface area contributed by atoms with Crippen molar-refractivity contribution in [3.63, 3.8) is 0 Å². The Labute approximate surface area is 64.5 Å². The summed E-state index contributed by atoms with van der Waals surface area (Å²) in [5.41, 5.74) is 0. The Morgan fingerprint density at radius 3 is 2.55 bits per heavy atom. The van der Waals surface area contributed by atoms with E-state index in [1.54, 1.807) is 13.8 Å². The van der Waals surface area contributed by atoms with Gasteiger partial charge in [-0.1, -0.05) is 13.8 Å². The molecule has 1 unspecified atom stereocenters. The molecular formula is C7H10O4. The van der Waals surface area contributed by atoms with Crippen molar-refractivity contribution < 1.29 is 19.1 Å². The number of carbonyl (C=O) groups is 2. The van der Waals surface area contributed by atoms with E-state index in [9.17, 15) is 9.59 Å². The molecule has 0 N–H and O–H groups in total. The van der Waals surface area contributed by atoms with Crippen LogP contribution in [0.1, 0.15) is 13.8 Å². The van der Waals surface area contributed by atoms with Gasteiger partial charge >= 0.3 is 11.9 Å². The summed E-state index contributed by atoms with van der Waals surface area (Å²) in [5, 5.41) is 0. The molecule has 0 aliphatic carbocycles. The molecule has 4 nitrogen and oxygen atoms in total. The lowest BCUT2D eigenvalue weighted by Gasteiger charge is -2.23. The molecule has 62 valence electrons. The van der Waals surface area contributed by atoms with Crippen LogP contribution in [0, 0.1) is 5.92 Å². The van der Waals surface area contributed by atoms with Gasteiger partial charge in [-0.3, -0.25) is 0 Å². The first-order chi connectivity index (χ1) is 5.11. The molecule has 1 fully saturated rings. The van der Waals surface area contributed by atoms with E-state index in [-0.39, 0.29) is 12.5 Å². The van der Waals surface area contributed by atoms with Crippen molar-refractivity contribution in [1.29, 1.82) is 0 Å². The molecule has 1 atom stereocenters. The summed E-state index contributed by atoms with van der Waals surface area (Å²) < 4.78 is 9.30. The second-order valence-electron chi connectivity index (χ2n) is 2.76. The molecule has 1 rings (SSSR count). The van der Waals surface area contributed by atoms with Crippen LogP contribution in [0.15, 0.2) is 0 Å². The summed E-state index contributed by atoms with van der Waals surface area (Å²) >= 11 is 0. The van der Waals surface area contributed by atoms with Crippen LogP contribution in [-0.4, -0.2) is 24.6 Å². The van der Waals surface area contributed by atoms with Gasteiger partial charge in [-0.15, -0.1) is 0 Å². The van der Waals surface area contributed by atoms with E-state index in [2.05, 4.69) is 4.74 Å². The van der Waals surface area contributed by atoms with Crippen LogP contribution in [0.25, 0.3) is 0 Å². The standard InChI is InChI=1S/C7H10O4/c1-4(2)6-7(9)10-3-5(8)11-6/h4,6H,3H2,1-2H3. The van der Waals surface area contributed by atoms with Crippen LogP contribution in [0.4, 0.5) is 0 Å². The average molecular weight is 158 g/mol. The first-order valence-electron chi connectivity index (χ1n) is 3.47. The minimum atomic E-state index is -0.712. The first kappa shape index (κ1) is 8.04. The van der Waals surface area contributed by atoms with E-state index < -0.39 is 18.0 Å². The third-order valence-corrected chi connectivity index (χ3v) is 1.43. The lowest BCUT2D eigenvalue weighted by atomic mass is 10.1. The lowest BCUT2D eigenvalue weighted by molar-refractivity contribution is -0.187. The van der Waals surface area contributed by atoms with Crippen molar-refractivity contribution in [1.82, 2.24) is 0 Å². The molecular weight excluding hydrogens is 148 g/mol. The molecule has 0 bridgehead atoms. The SMILES string of the molecule is CC(C)C1OC(=O)COC1=O. The van der Waals surface area contributed by atoms with Crippen LogP contribution in [-0.2, 0) is 19.1 Å². The van der Waals surface area contributed by atoms with Crippen molar-refractivity contribution in [2.24, 2.45) is 5.92 Å². The number of cyclic esters (lactones) is 2. The van der Waals surface area contributed by atoms with E-state index in [1.165, 1.54) is 0 Å². The number of carbonyl (C=O) groups excluding carboxylic acids is 2. The molecule has 0 aromatic carbocycles. The summed E-state index contributed by atoms with van der Waals surface area (Å²) in [5.74, 6) is -0.936. The smallest absolute Gasteiger partial charge is 0.348 e. The van der Waals surface area contributed by atoms with E-state index in [0.29, 0.717) is 0 Å². The molecule has 0 aromatic heterocycles. The maximum Gasteiger partial charge on any atom is 0.348 e. The number of hydrogen-bond acceptors (Lipinski definition) is 4. The van der Waals surface area contributed by atoms with Gasteiger partial charge in [0.2, 0.25) is 6.10 Å². The van der Waals surface area contributed by atoms with Crippen LogP contribution in [0.3, 0.4) is 0 Å². The Bertz CT molecular complexity index is 185. The Balaban J connectivity index is 2.61. The quantitative estimate of drug-likeness (QED) is 0.508. The lowest BCUT2D eigenvalue weighted by Crippen LogP contribution is -2.40. The molecule has 0 aromatic rings. The van der Waals surface area contributed by atoms with E-state index in [0.717, 1.165) is 0 Å². The molecule has 0 spiro atoms. The first-order valence-corrected chi connectivity index (χ1v) is 3.47. The molecule has 1 aliphatic rings. The topological polar surface area (TPSA) is 52.6 Å². The van der Waals surface area contributed by atoms with Gasteiger partial charge < -0.3 is 9.47 Å². The second-order valence-corrected chi connectivity index (χ2v) is 2.76. The molecule has 0 radical (unpaired) electrons. The minimum absolute atomic E-state index is 0.0215. The van der Waals surface area contributed by atoms with E-state index in [4.69, 9.17) is 4.74 Å². The van der Waals surface area contributed by atoms with Gasteiger partial charge in [0.25, 0.3) is 0 Å². The van der Waals surface area contributed by atoms with Gasteiger partial charge in [0, 0.05) is 5.92 Å². The Kier molecular flexibility index (Phi) is 2.12. The maximum absolute atomic E-state index is 10.9. The maximum atomic E-state index is 10.9. The molecule has 1 aliphatic heterocycles. The minimum Gasteiger partial charge on any atom is -0.451 e. The van der Waals surface area contributed by atoms with Crippen LogP contribution in [0.5, 0.6) is 0 Å². The van der Waals surface area contributed by atoms with Crippen molar-refractivity contribution in [3.8, 4) is 0 Å². The van der Waals surface area contributed by atoms with E-state index in [1.807, 2.05) is 0 Å². The molecule has 11 heavy (non-hydrogen) atoms. The summed E-state index contributed by atoms with van der Waals surface area (Å²) in [7, 11) is 0. The monoisotopic (exact) mass is 158 g/mol. The van der Waals surface area contributed by atoms with Crippen molar-refractivity contribution in [2.75, 3.05) is 6.61 Å². The Hall–Kier alpha value is -1.06. The molecule has 1 heterocycles. The summed E-state index contributed by atoms with van der Waals surface area (Å²) in [6.45, 7) is 3.34. The largest absolute Gasteiger partial charge is 0.451 e. The number of hydrogen-bond donors (Lipinski definition) is 0. The normalized spacial score (nSPS) is 24.8. The van der Waals surface area contributed by atoms with Gasteiger partial charge in [0.1, 0.15) is 0 Å². The van der Waals surface area contributed by atoms with Gasteiger partial charge in [-0.05, 0) is 0 Å². The number of rotatable bonds is 1. The van der Waals surface area contributed by atoms with Crippen LogP contribution in [0.2, 0.25) is 0 Å². The number of ether oxygens (including phenoxy) is 2. The summed E-state index contributed by atoms with van der Waals surface area (Å²) in [6, 6.07) is 0. The number of esters is 2. The van der Waals surface area contributed by atoms with Gasteiger partial charge in [-0.2, -0.15) is 0 Å². The molecule has 1 saturated heterocycles. The Morgan fingerprint density at radius 1 is 1.45 bits per heavy atom. The predicted molar refractivity (Wildman–Crippen MR) is 35.7 cm³/mol. The Morgan fingerprint density at radius 2 is 2.09 bits per heavy atom. The molecule has 4 heteroatoms. The fraction of sp³-hybridized carbons (Fsp3) is 0.714. The van der Waals surface area contributed by atoms with Gasteiger partial charge in [0.05, 0.1) is 0 Å². The van der Waals surface area contributed by atoms with Gasteiger partial charge in [-0.25, -0.2) is 9.59 Å². The fourth-order valence-corrected chi connectivity index (χ4v) is 0.844. The third-order valence-electron chi connectivity index (χ3n) is 1.43. The highest BCUT2D eigenvalue weighted by Crippen LogP contribution is 2.12. The third kappa shape index (κ3) is 1.69. The highest BCUT2D eigenvalue weighted by molar-refractivity contribution is 5.85. The highest BCUT2D eigenvalue weighted by Gasteiger charge is 2.32.